The van der Waals surface area contributed by atoms with Crippen molar-refractivity contribution in [1.29, 1.82) is 0 Å². The quantitative estimate of drug-likeness (QED) is 0.880. The molecule has 1 aliphatic rings. The smallest absolute Gasteiger partial charge is 0.268 e. The van der Waals surface area contributed by atoms with Crippen molar-refractivity contribution in [3.63, 3.8) is 0 Å². The Morgan fingerprint density at radius 1 is 1.58 bits per heavy atom. The van der Waals surface area contributed by atoms with E-state index in [0.29, 0.717) is 0 Å². The molecule has 1 aliphatic heterocycles. The summed E-state index contributed by atoms with van der Waals surface area (Å²) in [4.78, 5) is 12.3. The average molecular weight is 351 g/mol. The van der Waals surface area contributed by atoms with Crippen molar-refractivity contribution < 1.29 is 4.79 Å². The zero-order valence-electron chi connectivity index (χ0n) is 11.3. The van der Waals surface area contributed by atoms with Gasteiger partial charge in [0, 0.05) is 29.3 Å². The Bertz CT molecular complexity index is 428. The van der Waals surface area contributed by atoms with Crippen LogP contribution in [0.2, 0.25) is 0 Å². The topological polar surface area (TPSA) is 46.1 Å². The van der Waals surface area contributed by atoms with Gasteiger partial charge in [-0.15, -0.1) is 12.4 Å². The van der Waals surface area contributed by atoms with Gasteiger partial charge in [0.05, 0.1) is 0 Å². The van der Waals surface area contributed by atoms with Crippen molar-refractivity contribution in [2.75, 3.05) is 13.1 Å². The molecule has 6 heteroatoms. The summed E-state index contributed by atoms with van der Waals surface area (Å²) in [5.74, 6) is 0.0168. The Morgan fingerprint density at radius 2 is 2.32 bits per heavy atom. The van der Waals surface area contributed by atoms with Crippen molar-refractivity contribution in [3.05, 3.63) is 22.4 Å². The van der Waals surface area contributed by atoms with Crippen LogP contribution in [0.5, 0.6) is 0 Å². The van der Waals surface area contributed by atoms with E-state index >= 15 is 0 Å². The molecule has 0 aliphatic carbocycles. The highest BCUT2D eigenvalue weighted by Crippen LogP contribution is 2.19. The van der Waals surface area contributed by atoms with Crippen molar-refractivity contribution in [2.24, 2.45) is 0 Å². The first-order chi connectivity index (χ1) is 8.58. The van der Waals surface area contributed by atoms with Gasteiger partial charge in [-0.05, 0) is 55.2 Å². The molecule has 1 atom stereocenters. The molecule has 1 aromatic rings. The second-order valence-electron chi connectivity index (χ2n) is 5.06. The monoisotopic (exact) mass is 349 g/mol. The van der Waals surface area contributed by atoms with Gasteiger partial charge in [-0.3, -0.25) is 4.79 Å². The Morgan fingerprint density at radius 3 is 2.89 bits per heavy atom. The zero-order chi connectivity index (χ0) is 13.1. The zero-order valence-corrected chi connectivity index (χ0v) is 13.7. The molecular weight excluding hydrogens is 330 g/mol. The van der Waals surface area contributed by atoms with Crippen LogP contribution in [0.25, 0.3) is 0 Å². The molecule has 0 radical (unpaired) electrons. The fraction of sp³-hybridized carbons (Fsp3) is 0.615. The lowest BCUT2D eigenvalue weighted by atomic mass is 10.1. The number of nitrogens with zero attached hydrogens (tertiary/aromatic N) is 1. The minimum Gasteiger partial charge on any atom is -0.347 e. The number of amides is 1. The lowest BCUT2D eigenvalue weighted by molar-refractivity contribution is 0.0920. The fourth-order valence-electron chi connectivity index (χ4n) is 2.29. The number of aromatic nitrogens is 1. The van der Waals surface area contributed by atoms with Crippen LogP contribution in [0.1, 0.15) is 43.2 Å². The minimum atomic E-state index is 0. The SMILES string of the molecule is CC(C)n1cc(Br)cc1C(=O)NC1CCCNC1.Cl. The molecule has 1 saturated heterocycles. The second kappa shape index (κ2) is 7.31. The number of nitrogens with one attached hydrogen (secondary N) is 2. The predicted octanol–water partition coefficient (Wildman–Crippen LogP) is 2.74. The molecule has 2 rings (SSSR count). The maximum absolute atomic E-state index is 12.3. The van der Waals surface area contributed by atoms with Crippen LogP contribution in [0.4, 0.5) is 0 Å². The fourth-order valence-corrected chi connectivity index (χ4v) is 2.73. The van der Waals surface area contributed by atoms with Gasteiger partial charge in [0.2, 0.25) is 0 Å². The molecule has 108 valence electrons. The van der Waals surface area contributed by atoms with Crippen molar-refractivity contribution >= 4 is 34.2 Å². The molecule has 4 nitrogen and oxygen atoms in total. The number of piperidine rings is 1. The summed E-state index contributed by atoms with van der Waals surface area (Å²) in [6, 6.07) is 2.41. The number of halogens is 2. The molecule has 1 amide bonds. The highest BCUT2D eigenvalue weighted by atomic mass is 79.9. The first kappa shape index (κ1) is 16.5. The Hall–Kier alpha value is -0.520. The summed E-state index contributed by atoms with van der Waals surface area (Å²) in [5.41, 5.74) is 0.724. The van der Waals surface area contributed by atoms with Crippen molar-refractivity contribution in [2.45, 2.75) is 38.8 Å². The van der Waals surface area contributed by atoms with Crippen LogP contribution >= 0.6 is 28.3 Å². The second-order valence-corrected chi connectivity index (χ2v) is 5.98. The molecular formula is C13H21BrClN3O. The summed E-state index contributed by atoms with van der Waals surface area (Å²) in [7, 11) is 0. The van der Waals surface area contributed by atoms with E-state index in [1.54, 1.807) is 0 Å². The number of carbonyl (C=O) groups is 1. The van der Waals surface area contributed by atoms with Gasteiger partial charge < -0.3 is 15.2 Å². The van der Waals surface area contributed by atoms with Crippen LogP contribution in [-0.2, 0) is 0 Å². The summed E-state index contributed by atoms with van der Waals surface area (Å²) in [6.07, 6.45) is 4.14. The first-order valence-electron chi connectivity index (χ1n) is 6.47. The Balaban J connectivity index is 0.00000180. The minimum absolute atomic E-state index is 0. The lowest BCUT2D eigenvalue weighted by Crippen LogP contribution is -2.46. The van der Waals surface area contributed by atoms with Crippen LogP contribution in [0.3, 0.4) is 0 Å². The van der Waals surface area contributed by atoms with Gasteiger partial charge in [0.15, 0.2) is 0 Å². The third kappa shape index (κ3) is 4.23. The predicted molar refractivity (Wildman–Crippen MR) is 83.1 cm³/mol. The molecule has 0 bridgehead atoms. The maximum Gasteiger partial charge on any atom is 0.268 e. The molecule has 0 aromatic carbocycles. The molecule has 0 saturated carbocycles. The molecule has 2 heterocycles. The number of carbonyl (C=O) groups excluding carboxylic acids is 1. The summed E-state index contributed by atoms with van der Waals surface area (Å²) < 4.78 is 2.94. The van der Waals surface area contributed by atoms with Crippen LogP contribution in [-0.4, -0.2) is 29.6 Å². The number of rotatable bonds is 3. The summed E-state index contributed by atoms with van der Waals surface area (Å²) >= 11 is 3.43. The van der Waals surface area contributed by atoms with E-state index in [9.17, 15) is 4.79 Å². The molecule has 19 heavy (non-hydrogen) atoms. The molecule has 2 N–H and O–H groups in total. The van der Waals surface area contributed by atoms with Crippen molar-refractivity contribution in [1.82, 2.24) is 15.2 Å². The van der Waals surface area contributed by atoms with Gasteiger partial charge >= 0.3 is 0 Å². The molecule has 1 unspecified atom stereocenters. The maximum atomic E-state index is 12.3. The van der Waals surface area contributed by atoms with E-state index in [2.05, 4.69) is 40.4 Å². The largest absolute Gasteiger partial charge is 0.347 e. The van der Waals surface area contributed by atoms with E-state index in [0.717, 1.165) is 36.1 Å². The van der Waals surface area contributed by atoms with E-state index < -0.39 is 0 Å². The van der Waals surface area contributed by atoms with E-state index in [1.165, 1.54) is 0 Å². The van der Waals surface area contributed by atoms with Crippen molar-refractivity contribution in [3.8, 4) is 0 Å². The molecule has 0 spiro atoms. The highest BCUT2D eigenvalue weighted by molar-refractivity contribution is 9.10. The third-order valence-corrected chi connectivity index (χ3v) is 3.67. The normalized spacial score (nSPS) is 19.1. The van der Waals surface area contributed by atoms with Crippen LogP contribution < -0.4 is 10.6 Å². The summed E-state index contributed by atoms with van der Waals surface area (Å²) in [5, 5.41) is 6.40. The molecule has 1 fully saturated rings. The Labute approximate surface area is 128 Å². The number of hydrogen-bond acceptors (Lipinski definition) is 2. The van der Waals surface area contributed by atoms with Gasteiger partial charge in [-0.25, -0.2) is 0 Å². The third-order valence-electron chi connectivity index (χ3n) is 3.24. The van der Waals surface area contributed by atoms with E-state index in [-0.39, 0.29) is 30.4 Å². The van der Waals surface area contributed by atoms with Gasteiger partial charge in [0.1, 0.15) is 5.69 Å². The highest BCUT2D eigenvalue weighted by Gasteiger charge is 2.19. The standard InChI is InChI=1S/C13H20BrN3O.ClH/c1-9(2)17-8-10(14)6-12(17)13(18)16-11-4-3-5-15-7-11;/h6,8-9,11,15H,3-5,7H2,1-2H3,(H,16,18);1H. The van der Waals surface area contributed by atoms with E-state index in [4.69, 9.17) is 0 Å². The van der Waals surface area contributed by atoms with Gasteiger partial charge in [0.25, 0.3) is 5.91 Å². The van der Waals surface area contributed by atoms with Crippen LogP contribution in [0, 0.1) is 0 Å². The Kier molecular flexibility index (Phi) is 6.36. The van der Waals surface area contributed by atoms with Gasteiger partial charge in [-0.2, -0.15) is 0 Å². The van der Waals surface area contributed by atoms with E-state index in [1.807, 2.05) is 16.8 Å². The lowest BCUT2D eigenvalue weighted by Gasteiger charge is -2.24. The number of hydrogen-bond donors (Lipinski definition) is 2. The van der Waals surface area contributed by atoms with Crippen LogP contribution in [0.15, 0.2) is 16.7 Å². The van der Waals surface area contributed by atoms with Gasteiger partial charge in [-0.1, -0.05) is 0 Å². The molecule has 1 aromatic heterocycles. The average Bonchev–Trinajstić information content (AvgIpc) is 2.73. The summed E-state index contributed by atoms with van der Waals surface area (Å²) in [6.45, 7) is 6.08. The first-order valence-corrected chi connectivity index (χ1v) is 7.26.